The molecule has 0 aliphatic carbocycles. The van der Waals surface area contributed by atoms with Crippen LogP contribution >= 0.6 is 0 Å². The first kappa shape index (κ1) is 17.7. The van der Waals surface area contributed by atoms with Crippen molar-refractivity contribution in [3.63, 3.8) is 0 Å². The molecule has 1 atom stereocenters. The normalized spacial score (nSPS) is 13.3. The van der Waals surface area contributed by atoms with Gasteiger partial charge in [-0.05, 0) is 54.2 Å². The van der Waals surface area contributed by atoms with Gasteiger partial charge in [0.25, 0.3) is 0 Å². The Morgan fingerprint density at radius 2 is 1.87 bits per heavy atom. The van der Waals surface area contributed by atoms with Gasteiger partial charge >= 0.3 is 0 Å². The topological polar surface area (TPSA) is 30.7 Å². The number of rotatable bonds is 6. The maximum Gasteiger partial charge on any atom is 0.0833 e. The molecule has 2 rings (SSSR count). The van der Waals surface area contributed by atoms with Gasteiger partial charge in [0.1, 0.15) is 0 Å². The summed E-state index contributed by atoms with van der Waals surface area (Å²) in [5.41, 5.74) is 5.66. The molecule has 126 valence electrons. The average molecular weight is 313 g/mol. The maximum atomic E-state index is 4.34. The third-order valence-corrected chi connectivity index (χ3v) is 4.69. The molecular formula is C20H31N3. The van der Waals surface area contributed by atoms with Crippen molar-refractivity contribution in [2.75, 3.05) is 0 Å². The van der Waals surface area contributed by atoms with Crippen molar-refractivity contribution in [1.29, 1.82) is 0 Å². The number of aromatic nitrogens is 3. The minimum absolute atomic E-state index is 0.185. The molecule has 3 heteroatoms. The van der Waals surface area contributed by atoms with Crippen LogP contribution in [0, 0.1) is 0 Å². The SMILES string of the molecule is CCc1ccc(C(C)(C)C)cc1C(CC)Cc1cn(CC)nn1. The van der Waals surface area contributed by atoms with E-state index in [-0.39, 0.29) is 5.41 Å². The zero-order chi connectivity index (χ0) is 17.0. The van der Waals surface area contributed by atoms with Crippen molar-refractivity contribution in [3.8, 4) is 0 Å². The van der Waals surface area contributed by atoms with Crippen LogP contribution in [-0.4, -0.2) is 15.0 Å². The van der Waals surface area contributed by atoms with Crippen LogP contribution in [0.15, 0.2) is 24.4 Å². The summed E-state index contributed by atoms with van der Waals surface area (Å²) in [6, 6.07) is 7.04. The van der Waals surface area contributed by atoms with Crippen LogP contribution in [-0.2, 0) is 24.8 Å². The number of hydrogen-bond acceptors (Lipinski definition) is 2. The molecule has 0 spiro atoms. The van der Waals surface area contributed by atoms with Crippen LogP contribution in [0.2, 0.25) is 0 Å². The number of benzene rings is 1. The Labute approximate surface area is 141 Å². The van der Waals surface area contributed by atoms with Crippen molar-refractivity contribution in [3.05, 3.63) is 46.8 Å². The zero-order valence-corrected chi connectivity index (χ0v) is 15.6. The predicted octanol–water partition coefficient (Wildman–Crippen LogP) is 4.89. The second-order valence-electron chi connectivity index (χ2n) is 7.39. The fraction of sp³-hybridized carbons (Fsp3) is 0.600. The van der Waals surface area contributed by atoms with Crippen LogP contribution in [0.25, 0.3) is 0 Å². The van der Waals surface area contributed by atoms with E-state index in [1.165, 1.54) is 16.7 Å². The summed E-state index contributed by atoms with van der Waals surface area (Å²) >= 11 is 0. The van der Waals surface area contributed by atoms with Crippen molar-refractivity contribution in [1.82, 2.24) is 15.0 Å². The van der Waals surface area contributed by atoms with E-state index in [9.17, 15) is 0 Å². The Morgan fingerprint density at radius 3 is 2.39 bits per heavy atom. The van der Waals surface area contributed by atoms with Crippen LogP contribution in [0.5, 0.6) is 0 Å². The lowest BCUT2D eigenvalue weighted by molar-refractivity contribution is 0.583. The summed E-state index contributed by atoms with van der Waals surface area (Å²) in [4.78, 5) is 0. The van der Waals surface area contributed by atoms with Crippen molar-refractivity contribution >= 4 is 0 Å². The van der Waals surface area contributed by atoms with E-state index in [0.29, 0.717) is 5.92 Å². The highest BCUT2D eigenvalue weighted by molar-refractivity contribution is 5.38. The fourth-order valence-electron chi connectivity index (χ4n) is 3.08. The zero-order valence-electron chi connectivity index (χ0n) is 15.6. The lowest BCUT2D eigenvalue weighted by atomic mass is 9.81. The fourth-order valence-corrected chi connectivity index (χ4v) is 3.08. The highest BCUT2D eigenvalue weighted by Gasteiger charge is 2.20. The molecule has 1 unspecified atom stereocenters. The summed E-state index contributed by atoms with van der Waals surface area (Å²) in [5.74, 6) is 0.509. The second-order valence-corrected chi connectivity index (χ2v) is 7.39. The van der Waals surface area contributed by atoms with Crippen molar-refractivity contribution in [2.45, 2.75) is 78.7 Å². The van der Waals surface area contributed by atoms with Crippen LogP contribution in [0.4, 0.5) is 0 Å². The molecule has 0 saturated carbocycles. The van der Waals surface area contributed by atoms with Gasteiger partial charge in [-0.2, -0.15) is 0 Å². The molecule has 0 amide bonds. The Morgan fingerprint density at radius 1 is 1.13 bits per heavy atom. The summed E-state index contributed by atoms with van der Waals surface area (Å²) in [6.07, 6.45) is 5.26. The Kier molecular flexibility index (Phi) is 5.61. The van der Waals surface area contributed by atoms with Gasteiger partial charge in [0.2, 0.25) is 0 Å². The Balaban J connectivity index is 2.35. The molecule has 3 nitrogen and oxygen atoms in total. The van der Waals surface area contributed by atoms with Gasteiger partial charge in [-0.25, -0.2) is 0 Å². The smallest absolute Gasteiger partial charge is 0.0833 e. The monoisotopic (exact) mass is 313 g/mol. The minimum atomic E-state index is 0.185. The van der Waals surface area contributed by atoms with E-state index in [2.05, 4.69) is 76.3 Å². The third-order valence-electron chi connectivity index (χ3n) is 4.69. The Bertz CT molecular complexity index is 635. The van der Waals surface area contributed by atoms with E-state index in [1.807, 2.05) is 4.68 Å². The number of nitrogens with zero attached hydrogens (tertiary/aromatic N) is 3. The third kappa shape index (κ3) is 4.21. The van der Waals surface area contributed by atoms with E-state index >= 15 is 0 Å². The first-order valence-electron chi connectivity index (χ1n) is 8.91. The van der Waals surface area contributed by atoms with Crippen molar-refractivity contribution < 1.29 is 0 Å². The van der Waals surface area contributed by atoms with Gasteiger partial charge in [-0.3, -0.25) is 4.68 Å². The maximum absolute atomic E-state index is 4.34. The van der Waals surface area contributed by atoms with E-state index in [0.717, 1.165) is 31.5 Å². The molecule has 0 fully saturated rings. The average Bonchev–Trinajstić information content (AvgIpc) is 2.99. The molecule has 0 bridgehead atoms. The van der Waals surface area contributed by atoms with Gasteiger partial charge in [-0.15, -0.1) is 5.10 Å². The number of hydrogen-bond donors (Lipinski definition) is 0. The van der Waals surface area contributed by atoms with E-state index in [1.54, 1.807) is 0 Å². The summed E-state index contributed by atoms with van der Waals surface area (Å²) in [5, 5.41) is 8.52. The lowest BCUT2D eigenvalue weighted by Crippen LogP contribution is -2.14. The number of aryl methyl sites for hydroxylation is 2. The summed E-state index contributed by atoms with van der Waals surface area (Å²) in [7, 11) is 0. The molecule has 1 aromatic carbocycles. The highest BCUT2D eigenvalue weighted by atomic mass is 15.4. The van der Waals surface area contributed by atoms with Gasteiger partial charge in [0, 0.05) is 12.7 Å². The van der Waals surface area contributed by atoms with Gasteiger partial charge in [0.15, 0.2) is 0 Å². The van der Waals surface area contributed by atoms with Gasteiger partial charge in [-0.1, -0.05) is 58.0 Å². The first-order chi connectivity index (χ1) is 10.9. The standard InChI is InChI=1S/C20H31N3/c1-7-15-10-11-17(20(4,5)6)13-19(15)16(8-2)12-18-14-23(9-3)22-21-18/h10-11,13-14,16H,7-9,12H2,1-6H3. The summed E-state index contributed by atoms with van der Waals surface area (Å²) < 4.78 is 1.91. The van der Waals surface area contributed by atoms with Gasteiger partial charge < -0.3 is 0 Å². The molecule has 1 heterocycles. The van der Waals surface area contributed by atoms with E-state index in [4.69, 9.17) is 0 Å². The quantitative estimate of drug-likeness (QED) is 0.760. The molecule has 0 radical (unpaired) electrons. The molecular weight excluding hydrogens is 282 g/mol. The molecule has 23 heavy (non-hydrogen) atoms. The lowest BCUT2D eigenvalue weighted by Gasteiger charge is -2.24. The molecule has 2 aromatic rings. The minimum Gasteiger partial charge on any atom is -0.253 e. The van der Waals surface area contributed by atoms with E-state index < -0.39 is 0 Å². The molecule has 0 aliphatic rings. The molecule has 0 N–H and O–H groups in total. The molecule has 0 saturated heterocycles. The van der Waals surface area contributed by atoms with Crippen molar-refractivity contribution in [2.24, 2.45) is 0 Å². The van der Waals surface area contributed by atoms with Crippen LogP contribution in [0.3, 0.4) is 0 Å². The Hall–Kier alpha value is -1.64. The highest BCUT2D eigenvalue weighted by Crippen LogP contribution is 2.32. The first-order valence-corrected chi connectivity index (χ1v) is 8.91. The largest absolute Gasteiger partial charge is 0.253 e. The van der Waals surface area contributed by atoms with Gasteiger partial charge in [0.05, 0.1) is 5.69 Å². The molecule has 0 aliphatic heterocycles. The van der Waals surface area contributed by atoms with Crippen LogP contribution in [0.1, 0.15) is 76.3 Å². The predicted molar refractivity (Wildman–Crippen MR) is 97.0 cm³/mol. The van der Waals surface area contributed by atoms with Crippen LogP contribution < -0.4 is 0 Å². The second kappa shape index (κ2) is 7.29. The summed E-state index contributed by atoms with van der Waals surface area (Å²) in [6.45, 7) is 14.3. The molecule has 1 aromatic heterocycles.